The summed E-state index contributed by atoms with van der Waals surface area (Å²) in [5, 5.41) is 0.550. The molecule has 0 bridgehead atoms. The van der Waals surface area contributed by atoms with E-state index in [4.69, 9.17) is 21.1 Å². The van der Waals surface area contributed by atoms with Gasteiger partial charge in [0.2, 0.25) is 0 Å². The monoisotopic (exact) mass is 378 g/mol. The van der Waals surface area contributed by atoms with E-state index in [0.29, 0.717) is 21.9 Å². The van der Waals surface area contributed by atoms with Crippen LogP contribution in [0, 0.1) is 0 Å². The van der Waals surface area contributed by atoms with Gasteiger partial charge in [-0.05, 0) is 48.0 Å². The molecular formula is C13H16BrClN2O4. The minimum atomic E-state index is -0.796. The molecule has 1 unspecified atom stereocenters. The first-order valence-electron chi connectivity index (χ1n) is 6.22. The van der Waals surface area contributed by atoms with Crippen molar-refractivity contribution < 1.29 is 19.1 Å². The third kappa shape index (κ3) is 6.33. The summed E-state index contributed by atoms with van der Waals surface area (Å²) >= 11 is 9.11. The molecule has 1 rings (SSSR count). The van der Waals surface area contributed by atoms with E-state index >= 15 is 0 Å². The Labute approximate surface area is 136 Å². The Morgan fingerprint density at radius 1 is 1.38 bits per heavy atom. The fraction of sp³-hybridized carbons (Fsp3) is 0.385. The molecule has 0 aliphatic heterocycles. The maximum atomic E-state index is 11.8. The molecule has 0 saturated heterocycles. The Bertz CT molecular complexity index is 513. The third-order valence-corrected chi connectivity index (χ3v) is 3.18. The number of amides is 2. The van der Waals surface area contributed by atoms with Crippen LogP contribution in [0.5, 0.6) is 5.75 Å². The van der Waals surface area contributed by atoms with E-state index in [9.17, 15) is 9.59 Å². The molecule has 0 aromatic heterocycles. The van der Waals surface area contributed by atoms with Crippen LogP contribution in [0.1, 0.15) is 13.8 Å². The summed E-state index contributed by atoms with van der Waals surface area (Å²) in [5.74, 6) is -0.450. The number of hydrazine groups is 1. The minimum absolute atomic E-state index is 0.116. The Hall–Kier alpha value is -1.31. The average molecular weight is 380 g/mol. The largest absolute Gasteiger partial charge is 0.480 e. The molecule has 0 aliphatic rings. The van der Waals surface area contributed by atoms with Crippen LogP contribution in [0.2, 0.25) is 5.02 Å². The van der Waals surface area contributed by atoms with Gasteiger partial charge in [-0.3, -0.25) is 20.4 Å². The summed E-state index contributed by atoms with van der Waals surface area (Å²) in [6.45, 7) is 3.64. The van der Waals surface area contributed by atoms with E-state index in [1.807, 2.05) is 0 Å². The number of hydrogen-bond acceptors (Lipinski definition) is 4. The molecule has 0 saturated carbocycles. The number of nitrogens with one attached hydrogen (secondary N) is 2. The van der Waals surface area contributed by atoms with Gasteiger partial charge in [-0.15, -0.1) is 0 Å². The van der Waals surface area contributed by atoms with Crippen LogP contribution in [0.4, 0.5) is 0 Å². The fourth-order valence-electron chi connectivity index (χ4n) is 1.28. The Morgan fingerprint density at radius 2 is 2.10 bits per heavy atom. The molecule has 0 aliphatic carbocycles. The molecule has 2 amide bonds. The summed E-state index contributed by atoms with van der Waals surface area (Å²) < 4.78 is 11.0. The van der Waals surface area contributed by atoms with Gasteiger partial charge in [-0.1, -0.05) is 11.6 Å². The maximum absolute atomic E-state index is 11.8. The van der Waals surface area contributed by atoms with Crippen LogP contribution in [-0.4, -0.2) is 31.1 Å². The van der Waals surface area contributed by atoms with Crippen molar-refractivity contribution in [2.75, 3.05) is 13.2 Å². The fourth-order valence-corrected chi connectivity index (χ4v) is 2.05. The highest BCUT2D eigenvalue weighted by Crippen LogP contribution is 2.28. The van der Waals surface area contributed by atoms with Gasteiger partial charge < -0.3 is 9.47 Å². The van der Waals surface area contributed by atoms with E-state index in [1.54, 1.807) is 32.0 Å². The van der Waals surface area contributed by atoms with Gasteiger partial charge in [0, 0.05) is 11.6 Å². The zero-order chi connectivity index (χ0) is 15.8. The number of benzene rings is 1. The van der Waals surface area contributed by atoms with Gasteiger partial charge in [0.1, 0.15) is 12.4 Å². The molecule has 0 radical (unpaired) electrons. The first-order chi connectivity index (χ1) is 9.93. The summed E-state index contributed by atoms with van der Waals surface area (Å²) in [6, 6.07) is 4.95. The van der Waals surface area contributed by atoms with Crippen molar-refractivity contribution in [1.82, 2.24) is 10.9 Å². The zero-order valence-corrected chi connectivity index (χ0v) is 14.0. The quantitative estimate of drug-likeness (QED) is 0.742. The minimum Gasteiger partial charge on any atom is -0.480 e. The summed E-state index contributed by atoms with van der Waals surface area (Å²) in [7, 11) is 0. The van der Waals surface area contributed by atoms with Gasteiger partial charge >= 0.3 is 0 Å². The number of halogens is 2. The van der Waals surface area contributed by atoms with Crippen molar-refractivity contribution in [3.05, 3.63) is 27.7 Å². The van der Waals surface area contributed by atoms with Gasteiger partial charge in [0.25, 0.3) is 11.8 Å². The van der Waals surface area contributed by atoms with E-state index in [0.717, 1.165) is 0 Å². The number of carbonyl (C=O) groups is 2. The number of ether oxygens (including phenoxy) is 2. The van der Waals surface area contributed by atoms with Gasteiger partial charge in [0.15, 0.2) is 6.10 Å². The van der Waals surface area contributed by atoms with Crippen molar-refractivity contribution in [2.24, 2.45) is 0 Å². The van der Waals surface area contributed by atoms with E-state index in [1.165, 1.54) is 0 Å². The summed E-state index contributed by atoms with van der Waals surface area (Å²) in [5.41, 5.74) is 4.49. The predicted molar refractivity (Wildman–Crippen MR) is 82.0 cm³/mol. The first kappa shape index (κ1) is 17.7. The Balaban J connectivity index is 2.45. The molecule has 0 heterocycles. The lowest BCUT2D eigenvalue weighted by Crippen LogP contribution is -2.48. The molecule has 8 heteroatoms. The topological polar surface area (TPSA) is 76.7 Å². The Morgan fingerprint density at radius 3 is 2.71 bits per heavy atom. The van der Waals surface area contributed by atoms with Gasteiger partial charge in [-0.2, -0.15) is 0 Å². The van der Waals surface area contributed by atoms with Gasteiger partial charge in [0.05, 0.1) is 4.47 Å². The van der Waals surface area contributed by atoms with Crippen molar-refractivity contribution in [3.8, 4) is 5.75 Å². The molecular weight excluding hydrogens is 364 g/mol. The van der Waals surface area contributed by atoms with Crippen LogP contribution >= 0.6 is 27.5 Å². The van der Waals surface area contributed by atoms with Crippen LogP contribution in [-0.2, 0) is 14.3 Å². The van der Waals surface area contributed by atoms with Crippen LogP contribution in [0.3, 0.4) is 0 Å². The van der Waals surface area contributed by atoms with Crippen molar-refractivity contribution >= 4 is 39.3 Å². The molecule has 116 valence electrons. The molecule has 0 fully saturated rings. The van der Waals surface area contributed by atoms with Crippen LogP contribution < -0.4 is 15.6 Å². The SMILES string of the molecule is CCOCC(=O)NNC(=O)C(C)Oc1ccc(Cl)cc1Br. The van der Waals surface area contributed by atoms with Gasteiger partial charge in [-0.25, -0.2) is 0 Å². The second-order valence-electron chi connectivity index (χ2n) is 4.01. The van der Waals surface area contributed by atoms with Crippen LogP contribution in [0.15, 0.2) is 22.7 Å². The molecule has 0 spiro atoms. The molecule has 21 heavy (non-hydrogen) atoms. The molecule has 2 N–H and O–H groups in total. The Kier molecular flexibility index (Phi) is 7.49. The number of rotatable bonds is 6. The molecule has 6 nitrogen and oxygen atoms in total. The molecule has 1 atom stereocenters. The molecule has 1 aromatic carbocycles. The van der Waals surface area contributed by atoms with Crippen molar-refractivity contribution in [2.45, 2.75) is 20.0 Å². The van der Waals surface area contributed by atoms with E-state index < -0.39 is 17.9 Å². The lowest BCUT2D eigenvalue weighted by atomic mass is 10.3. The summed E-state index contributed by atoms with van der Waals surface area (Å²) in [4.78, 5) is 23.0. The standard InChI is InChI=1S/C13H16BrClN2O4/c1-3-20-7-12(18)16-17-13(19)8(2)21-11-5-4-9(15)6-10(11)14/h4-6,8H,3,7H2,1-2H3,(H,16,18)(H,17,19). The predicted octanol–water partition coefficient (Wildman–Crippen LogP) is 2.05. The maximum Gasteiger partial charge on any atom is 0.279 e. The van der Waals surface area contributed by atoms with Crippen molar-refractivity contribution in [3.63, 3.8) is 0 Å². The molecule has 1 aromatic rings. The normalized spacial score (nSPS) is 11.6. The van der Waals surface area contributed by atoms with Crippen molar-refractivity contribution in [1.29, 1.82) is 0 Å². The third-order valence-electron chi connectivity index (χ3n) is 2.33. The lowest BCUT2D eigenvalue weighted by Gasteiger charge is -2.16. The zero-order valence-electron chi connectivity index (χ0n) is 11.6. The summed E-state index contributed by atoms with van der Waals surface area (Å²) in [6.07, 6.45) is -0.796. The highest BCUT2D eigenvalue weighted by molar-refractivity contribution is 9.10. The first-order valence-corrected chi connectivity index (χ1v) is 7.39. The number of hydrogen-bond donors (Lipinski definition) is 2. The van der Waals surface area contributed by atoms with Crippen LogP contribution in [0.25, 0.3) is 0 Å². The second-order valence-corrected chi connectivity index (χ2v) is 5.30. The highest BCUT2D eigenvalue weighted by Gasteiger charge is 2.16. The lowest BCUT2D eigenvalue weighted by molar-refractivity contribution is -0.134. The number of carbonyl (C=O) groups excluding carboxylic acids is 2. The highest BCUT2D eigenvalue weighted by atomic mass is 79.9. The van der Waals surface area contributed by atoms with E-state index in [2.05, 4.69) is 26.8 Å². The average Bonchev–Trinajstić information content (AvgIpc) is 2.45. The second kappa shape index (κ2) is 8.86. The van der Waals surface area contributed by atoms with E-state index in [-0.39, 0.29) is 6.61 Å². The smallest absolute Gasteiger partial charge is 0.279 e.